The molecule has 0 saturated heterocycles. The van der Waals surface area contributed by atoms with Gasteiger partial charge in [0.15, 0.2) is 0 Å². The van der Waals surface area contributed by atoms with Gasteiger partial charge >= 0.3 is 11.7 Å². The van der Waals surface area contributed by atoms with Gasteiger partial charge in [0.2, 0.25) is 10.0 Å². The van der Waals surface area contributed by atoms with Crippen LogP contribution in [0.3, 0.4) is 0 Å². The quantitative estimate of drug-likeness (QED) is 0.365. The summed E-state index contributed by atoms with van der Waals surface area (Å²) >= 11 is 5.94. The van der Waals surface area contributed by atoms with Gasteiger partial charge in [0, 0.05) is 18.6 Å². The Hall–Kier alpha value is -3.89. The number of fused-ring (bicyclic) bond motifs is 1. The summed E-state index contributed by atoms with van der Waals surface area (Å²) < 4.78 is 28.6. The van der Waals surface area contributed by atoms with E-state index in [1.807, 2.05) is 12.1 Å². The number of halogens is 1. The van der Waals surface area contributed by atoms with E-state index in [0.717, 1.165) is 26.3 Å². The van der Waals surface area contributed by atoms with Crippen molar-refractivity contribution in [2.75, 3.05) is 10.6 Å². The Balaban J connectivity index is 1.70. The van der Waals surface area contributed by atoms with Crippen LogP contribution in [0.15, 0.2) is 82.4 Å². The molecule has 0 fully saturated rings. The summed E-state index contributed by atoms with van der Waals surface area (Å²) in [4.78, 5) is 38.1. The lowest BCUT2D eigenvalue weighted by Gasteiger charge is -2.29. The molecule has 37 heavy (non-hydrogen) atoms. The van der Waals surface area contributed by atoms with E-state index >= 15 is 0 Å². The average molecular weight is 542 g/mol. The minimum Gasteiger partial charge on any atom is -0.480 e. The predicted molar refractivity (Wildman–Crippen MR) is 144 cm³/mol. The highest BCUT2D eigenvalue weighted by Gasteiger charge is 2.33. The highest BCUT2D eigenvalue weighted by Crippen LogP contribution is 2.28. The monoisotopic (exact) mass is 541 g/mol. The van der Waals surface area contributed by atoms with E-state index in [0.29, 0.717) is 15.9 Å². The Morgan fingerprint density at radius 2 is 1.54 bits per heavy atom. The normalized spacial score (nSPS) is 12.4. The average Bonchev–Trinajstić information content (AvgIpc) is 2.86. The molecule has 0 bridgehead atoms. The number of carboxylic acids is 1. The Kier molecular flexibility index (Phi) is 7.24. The van der Waals surface area contributed by atoms with Crippen molar-refractivity contribution in [1.82, 2.24) is 9.13 Å². The second kappa shape index (κ2) is 10.2. The first-order valence-electron chi connectivity index (χ1n) is 11.3. The van der Waals surface area contributed by atoms with Gasteiger partial charge in [-0.2, -0.15) is 0 Å². The van der Waals surface area contributed by atoms with Crippen LogP contribution in [0.5, 0.6) is 0 Å². The van der Waals surface area contributed by atoms with Crippen molar-refractivity contribution < 1.29 is 18.3 Å². The number of sulfonamides is 1. The van der Waals surface area contributed by atoms with Crippen LogP contribution in [-0.2, 0) is 28.4 Å². The lowest BCUT2D eigenvalue weighted by atomic mass is 10.1. The first kappa shape index (κ1) is 26.2. The number of aliphatic carboxylic acids is 1. The maximum absolute atomic E-state index is 13.0. The van der Waals surface area contributed by atoms with E-state index in [9.17, 15) is 27.9 Å². The standard InChI is InChI=1S/C26H24ClN3O6S/c1-28-22-6-4-3-5-21(22)24(31)29(26(28)34)16-15-23(25(32)33)30(37(2,35)36)20-13-9-18(10-14-20)17-7-11-19(27)12-8-17/h3-14,23H,15-16H2,1-2H3,(H,32,33). The van der Waals surface area contributed by atoms with E-state index < -0.39 is 33.3 Å². The number of carbonyl (C=O) groups is 1. The van der Waals surface area contributed by atoms with Gasteiger partial charge < -0.3 is 5.11 Å². The molecule has 1 heterocycles. The minimum atomic E-state index is -4.05. The van der Waals surface area contributed by atoms with E-state index in [1.165, 1.54) is 23.7 Å². The van der Waals surface area contributed by atoms with Gasteiger partial charge in [-0.15, -0.1) is 0 Å². The summed E-state index contributed by atoms with van der Waals surface area (Å²) in [5.74, 6) is -1.40. The summed E-state index contributed by atoms with van der Waals surface area (Å²) in [6.45, 7) is -0.289. The fourth-order valence-electron chi connectivity index (χ4n) is 4.30. The zero-order valence-corrected chi connectivity index (χ0v) is 21.6. The highest BCUT2D eigenvalue weighted by atomic mass is 35.5. The molecule has 3 aromatic carbocycles. The molecule has 4 aromatic rings. The number of hydrogen-bond donors (Lipinski definition) is 1. The molecule has 1 aromatic heterocycles. The van der Waals surface area contributed by atoms with Gasteiger partial charge in [0.1, 0.15) is 6.04 Å². The number of aromatic nitrogens is 2. The summed E-state index contributed by atoms with van der Waals surface area (Å²) in [5, 5.41) is 10.9. The highest BCUT2D eigenvalue weighted by molar-refractivity contribution is 7.92. The molecule has 1 unspecified atom stereocenters. The van der Waals surface area contributed by atoms with Crippen LogP contribution in [0, 0.1) is 0 Å². The topological polar surface area (TPSA) is 119 Å². The van der Waals surface area contributed by atoms with Crippen LogP contribution < -0.4 is 15.6 Å². The lowest BCUT2D eigenvalue weighted by Crippen LogP contribution is -2.47. The SMILES string of the molecule is Cn1c(=O)n(CCC(C(=O)O)N(c2ccc(-c3ccc(Cl)cc3)cc2)S(C)(=O)=O)c(=O)c2ccccc21. The van der Waals surface area contributed by atoms with Gasteiger partial charge in [-0.3, -0.25) is 18.2 Å². The summed E-state index contributed by atoms with van der Waals surface area (Å²) in [5.41, 5.74) is 1.04. The molecule has 4 rings (SSSR count). The first-order chi connectivity index (χ1) is 17.5. The van der Waals surface area contributed by atoms with E-state index in [2.05, 4.69) is 0 Å². The van der Waals surface area contributed by atoms with Crippen LogP contribution in [-0.4, -0.2) is 40.9 Å². The molecular formula is C26H24ClN3O6S. The number of carboxylic acid groups (broad SMARTS) is 1. The number of rotatable bonds is 8. The van der Waals surface area contributed by atoms with Crippen molar-refractivity contribution in [3.63, 3.8) is 0 Å². The molecule has 0 aliphatic rings. The molecule has 0 amide bonds. The number of para-hydroxylation sites is 1. The molecule has 0 radical (unpaired) electrons. The zero-order valence-electron chi connectivity index (χ0n) is 20.0. The van der Waals surface area contributed by atoms with E-state index in [4.69, 9.17) is 11.6 Å². The van der Waals surface area contributed by atoms with Crippen LogP contribution in [0.25, 0.3) is 22.0 Å². The van der Waals surface area contributed by atoms with Gasteiger partial charge in [-0.1, -0.05) is 48.0 Å². The third-order valence-electron chi connectivity index (χ3n) is 6.11. The number of hydrogen-bond acceptors (Lipinski definition) is 5. The molecule has 1 atom stereocenters. The molecule has 0 spiro atoms. The number of nitrogens with zero attached hydrogens (tertiary/aromatic N) is 3. The number of benzene rings is 3. The molecule has 11 heteroatoms. The minimum absolute atomic E-state index is 0.145. The van der Waals surface area contributed by atoms with Crippen LogP contribution >= 0.6 is 11.6 Å². The van der Waals surface area contributed by atoms with Gasteiger partial charge in [0.05, 0.1) is 22.8 Å². The summed E-state index contributed by atoms with van der Waals surface area (Å²) in [6, 6.07) is 18.5. The zero-order chi connectivity index (χ0) is 26.9. The van der Waals surface area contributed by atoms with Crippen molar-refractivity contribution in [3.05, 3.63) is 98.7 Å². The second-order valence-electron chi connectivity index (χ2n) is 8.57. The molecule has 9 nitrogen and oxygen atoms in total. The van der Waals surface area contributed by atoms with Crippen LogP contribution in [0.1, 0.15) is 6.42 Å². The van der Waals surface area contributed by atoms with Crippen LogP contribution in [0.4, 0.5) is 5.69 Å². The lowest BCUT2D eigenvalue weighted by molar-refractivity contribution is -0.138. The van der Waals surface area contributed by atoms with Crippen molar-refractivity contribution >= 4 is 44.2 Å². The largest absolute Gasteiger partial charge is 0.480 e. The smallest absolute Gasteiger partial charge is 0.331 e. The fourth-order valence-corrected chi connectivity index (χ4v) is 5.59. The van der Waals surface area contributed by atoms with Crippen molar-refractivity contribution in [2.24, 2.45) is 7.05 Å². The Morgan fingerprint density at radius 1 is 0.973 bits per heavy atom. The third kappa shape index (κ3) is 5.30. The molecule has 0 saturated carbocycles. The molecule has 0 aliphatic heterocycles. The predicted octanol–water partition coefficient (Wildman–Crippen LogP) is 3.33. The maximum Gasteiger partial charge on any atom is 0.331 e. The fraction of sp³-hybridized carbons (Fsp3) is 0.192. The third-order valence-corrected chi connectivity index (χ3v) is 7.54. The molecule has 192 valence electrons. The van der Waals surface area contributed by atoms with Crippen molar-refractivity contribution in [2.45, 2.75) is 19.0 Å². The Morgan fingerprint density at radius 3 is 2.11 bits per heavy atom. The number of aryl methyl sites for hydroxylation is 1. The summed E-state index contributed by atoms with van der Waals surface area (Å²) in [7, 11) is -2.53. The van der Waals surface area contributed by atoms with Crippen LogP contribution in [0.2, 0.25) is 5.02 Å². The van der Waals surface area contributed by atoms with E-state index in [-0.39, 0.29) is 18.7 Å². The second-order valence-corrected chi connectivity index (χ2v) is 10.9. The molecular weight excluding hydrogens is 518 g/mol. The Labute approximate surface area is 217 Å². The van der Waals surface area contributed by atoms with Crippen molar-refractivity contribution in [3.8, 4) is 11.1 Å². The summed E-state index contributed by atoms with van der Waals surface area (Å²) in [6.07, 6.45) is 0.603. The molecule has 0 aliphatic carbocycles. The molecule has 1 N–H and O–H groups in total. The number of anilines is 1. The Bertz CT molecular complexity index is 1690. The van der Waals surface area contributed by atoms with E-state index in [1.54, 1.807) is 48.5 Å². The van der Waals surface area contributed by atoms with Gasteiger partial charge in [0.25, 0.3) is 5.56 Å². The van der Waals surface area contributed by atoms with Gasteiger partial charge in [-0.05, 0) is 53.9 Å². The van der Waals surface area contributed by atoms with Crippen molar-refractivity contribution in [1.29, 1.82) is 0 Å². The first-order valence-corrected chi connectivity index (χ1v) is 13.5. The maximum atomic E-state index is 13.0. The van der Waals surface area contributed by atoms with Gasteiger partial charge in [-0.25, -0.2) is 18.0 Å².